The monoisotopic (exact) mass is 335 g/mol. The largest absolute Gasteiger partial charge is 1.00 e. The number of rotatable bonds is 4. The third-order valence-electron chi connectivity index (χ3n) is 2.62. The van der Waals surface area contributed by atoms with Gasteiger partial charge in [0, 0.05) is 27.5 Å². The van der Waals surface area contributed by atoms with Crippen LogP contribution >= 0.6 is 11.6 Å². The van der Waals surface area contributed by atoms with Gasteiger partial charge in [0.25, 0.3) is 0 Å². The molecule has 2 aromatic rings. The molecule has 0 atom stereocenters. The minimum atomic E-state index is -1.39. The first-order chi connectivity index (χ1) is 9.49. The van der Waals surface area contributed by atoms with Gasteiger partial charge >= 0.3 is 59.1 Å². The number of carboxylic acids is 2. The van der Waals surface area contributed by atoms with Crippen LogP contribution in [0.5, 0.6) is 0 Å². The van der Waals surface area contributed by atoms with Crippen LogP contribution in [-0.4, -0.2) is 11.9 Å². The molecule has 0 heterocycles. The van der Waals surface area contributed by atoms with Crippen molar-refractivity contribution in [1.82, 2.24) is 0 Å². The molecule has 2 aromatic carbocycles. The number of para-hydroxylation sites is 1. The summed E-state index contributed by atoms with van der Waals surface area (Å²) in [6, 6.07) is 10.0. The van der Waals surface area contributed by atoms with E-state index in [1.165, 1.54) is 36.4 Å². The van der Waals surface area contributed by atoms with Crippen LogP contribution in [0.3, 0.4) is 0 Å². The van der Waals surface area contributed by atoms with E-state index in [0.29, 0.717) is 5.02 Å². The molecule has 1 N–H and O–H groups in total. The Labute approximate surface area is 176 Å². The van der Waals surface area contributed by atoms with Crippen LogP contribution in [0.2, 0.25) is 5.02 Å². The summed E-state index contributed by atoms with van der Waals surface area (Å²) in [6.45, 7) is 0. The van der Waals surface area contributed by atoms with Crippen molar-refractivity contribution >= 4 is 34.9 Å². The summed E-state index contributed by atoms with van der Waals surface area (Å²) >= 11 is 5.81. The van der Waals surface area contributed by atoms with E-state index in [4.69, 9.17) is 11.6 Å². The Morgan fingerprint density at radius 2 is 1.41 bits per heavy atom. The molecule has 0 bridgehead atoms. The van der Waals surface area contributed by atoms with Crippen LogP contribution in [0.1, 0.15) is 20.7 Å². The molecule has 0 unspecified atom stereocenters. The van der Waals surface area contributed by atoms with Crippen molar-refractivity contribution in [3.63, 3.8) is 0 Å². The number of carboxylic acid groups (broad SMARTS) is 2. The van der Waals surface area contributed by atoms with Crippen LogP contribution < -0.4 is 74.6 Å². The van der Waals surface area contributed by atoms with Crippen molar-refractivity contribution in [1.29, 1.82) is 0 Å². The first-order valence-corrected chi connectivity index (χ1v) is 5.95. The molecule has 0 aromatic heterocycles. The van der Waals surface area contributed by atoms with Gasteiger partial charge in [-0.2, -0.15) is 0 Å². The number of anilines is 2. The van der Waals surface area contributed by atoms with Crippen molar-refractivity contribution in [2.24, 2.45) is 0 Å². The number of hydrogen-bond acceptors (Lipinski definition) is 5. The second-order valence-corrected chi connectivity index (χ2v) is 4.37. The molecule has 0 fully saturated rings. The van der Waals surface area contributed by atoms with Gasteiger partial charge in [-0.1, -0.05) is 29.8 Å². The number of carbonyl (C=O) groups excluding carboxylic acids is 2. The zero-order valence-corrected chi connectivity index (χ0v) is 16.8. The predicted molar refractivity (Wildman–Crippen MR) is 69.8 cm³/mol. The molecule has 0 saturated heterocycles. The Morgan fingerprint density at radius 1 is 0.864 bits per heavy atom. The van der Waals surface area contributed by atoms with E-state index in [1.807, 2.05) is 0 Å². The second kappa shape index (κ2) is 9.57. The first-order valence-electron chi connectivity index (χ1n) is 5.57. The Hall–Kier alpha value is -0.530. The van der Waals surface area contributed by atoms with Gasteiger partial charge in [-0.05, 0) is 24.3 Å². The van der Waals surface area contributed by atoms with Crippen LogP contribution in [0.4, 0.5) is 11.4 Å². The van der Waals surface area contributed by atoms with Crippen molar-refractivity contribution in [3.05, 3.63) is 58.6 Å². The number of carbonyl (C=O) groups is 2. The maximum absolute atomic E-state index is 11.0. The summed E-state index contributed by atoms with van der Waals surface area (Å²) in [4.78, 5) is 22.0. The maximum Gasteiger partial charge on any atom is 1.00 e. The molecule has 0 aliphatic carbocycles. The van der Waals surface area contributed by atoms with Gasteiger partial charge in [-0.3, -0.25) is 0 Å². The smallest absolute Gasteiger partial charge is 0.545 e. The zero-order chi connectivity index (χ0) is 14.7. The third-order valence-corrected chi connectivity index (χ3v) is 2.85. The third kappa shape index (κ3) is 5.28. The maximum atomic E-state index is 11.0. The van der Waals surface area contributed by atoms with Crippen molar-refractivity contribution < 1.29 is 78.9 Å². The molecule has 5 nitrogen and oxygen atoms in total. The van der Waals surface area contributed by atoms with Gasteiger partial charge in [-0.25, -0.2) is 0 Å². The zero-order valence-electron chi connectivity index (χ0n) is 12.1. The average Bonchev–Trinajstić information content (AvgIpc) is 2.38. The Balaban J connectivity index is 0.00000220. The van der Waals surface area contributed by atoms with Crippen molar-refractivity contribution in [2.75, 3.05) is 5.32 Å². The van der Waals surface area contributed by atoms with Crippen LogP contribution in [0, 0.1) is 0 Å². The number of aromatic carboxylic acids is 2. The fraction of sp³-hybridized carbons (Fsp3) is 0. The standard InChI is InChI=1S/C14H10ClNO4.2Na/c15-8-5-6-10(14(19)20)12(7-8)16-11-4-2-1-3-9(11)13(17)18;;/h1-7,16H,(H,17,18)(H,19,20);;/q;2*+1/p-2. The normalized spacial score (nSPS) is 9.14. The molecule has 0 spiro atoms. The van der Waals surface area contributed by atoms with Gasteiger partial charge in [0.15, 0.2) is 0 Å². The van der Waals surface area contributed by atoms with E-state index in [0.717, 1.165) is 0 Å². The number of hydrogen-bond donors (Lipinski definition) is 1. The van der Waals surface area contributed by atoms with Gasteiger partial charge in [-0.15, -0.1) is 0 Å². The quantitative estimate of drug-likeness (QED) is 0.564. The Morgan fingerprint density at radius 3 is 2.00 bits per heavy atom. The summed E-state index contributed by atoms with van der Waals surface area (Å²) in [5.41, 5.74) is 0.141. The van der Waals surface area contributed by atoms with Gasteiger partial charge < -0.3 is 25.1 Å². The molecular weight excluding hydrogens is 328 g/mol. The summed E-state index contributed by atoms with van der Waals surface area (Å²) < 4.78 is 0. The molecule has 2 rings (SSSR count). The number of benzene rings is 2. The second-order valence-electron chi connectivity index (χ2n) is 3.94. The van der Waals surface area contributed by atoms with Gasteiger partial charge in [0.1, 0.15) is 0 Å². The van der Waals surface area contributed by atoms with E-state index in [1.54, 1.807) is 6.07 Å². The average molecular weight is 336 g/mol. The summed E-state index contributed by atoms with van der Waals surface area (Å²) in [5.74, 6) is -2.76. The molecular formula is C14H8ClNNa2O4. The van der Waals surface area contributed by atoms with Crippen molar-refractivity contribution in [2.45, 2.75) is 0 Å². The van der Waals surface area contributed by atoms with E-state index >= 15 is 0 Å². The molecule has 0 amide bonds. The molecule has 102 valence electrons. The molecule has 22 heavy (non-hydrogen) atoms. The summed E-state index contributed by atoms with van der Waals surface area (Å²) in [7, 11) is 0. The topological polar surface area (TPSA) is 92.3 Å². The SMILES string of the molecule is O=C([O-])c1ccccc1Nc1cc(Cl)ccc1C(=O)[O-].[Na+].[Na+]. The van der Waals surface area contributed by atoms with Gasteiger partial charge in [0.2, 0.25) is 0 Å². The van der Waals surface area contributed by atoms with Crippen molar-refractivity contribution in [3.8, 4) is 0 Å². The molecule has 0 radical (unpaired) electrons. The van der Waals surface area contributed by atoms with E-state index in [9.17, 15) is 19.8 Å². The van der Waals surface area contributed by atoms with Crippen LogP contribution in [0.15, 0.2) is 42.5 Å². The molecule has 0 aliphatic rings. The van der Waals surface area contributed by atoms with E-state index in [-0.39, 0.29) is 81.6 Å². The number of nitrogens with one attached hydrogen (secondary N) is 1. The summed E-state index contributed by atoms with van der Waals surface area (Å²) in [5, 5.41) is 25.0. The fourth-order valence-electron chi connectivity index (χ4n) is 1.71. The molecule has 0 aliphatic heterocycles. The Bertz CT molecular complexity index is 694. The number of halogens is 1. The molecule has 0 saturated carbocycles. The Kier molecular flexibility index (Phi) is 9.34. The fourth-order valence-corrected chi connectivity index (χ4v) is 1.89. The van der Waals surface area contributed by atoms with E-state index < -0.39 is 11.9 Å². The van der Waals surface area contributed by atoms with Gasteiger partial charge in [0.05, 0.1) is 11.9 Å². The predicted octanol–water partition coefficient (Wildman–Crippen LogP) is -5.18. The summed E-state index contributed by atoms with van der Waals surface area (Å²) in [6.07, 6.45) is 0. The van der Waals surface area contributed by atoms with Crippen LogP contribution in [-0.2, 0) is 0 Å². The van der Waals surface area contributed by atoms with E-state index in [2.05, 4.69) is 5.32 Å². The first kappa shape index (κ1) is 21.5. The van der Waals surface area contributed by atoms with Crippen LogP contribution in [0.25, 0.3) is 0 Å². The minimum absolute atomic E-state index is 0. The minimum Gasteiger partial charge on any atom is -0.545 e. The molecule has 8 heteroatoms.